The first kappa shape index (κ1) is 16.6. The van der Waals surface area contributed by atoms with Gasteiger partial charge >= 0.3 is 6.09 Å². The van der Waals surface area contributed by atoms with Crippen LogP contribution in [0.2, 0.25) is 0 Å². The Morgan fingerprint density at radius 2 is 1.84 bits per heavy atom. The second kappa shape index (κ2) is 6.83. The van der Waals surface area contributed by atoms with E-state index in [1.54, 1.807) is 0 Å². The summed E-state index contributed by atoms with van der Waals surface area (Å²) in [7, 11) is 0. The molecule has 0 spiro atoms. The number of likely N-dealkylation sites (tertiary alicyclic amines) is 1. The summed E-state index contributed by atoms with van der Waals surface area (Å²) in [6.45, 7) is 1.96. The van der Waals surface area contributed by atoms with Gasteiger partial charge < -0.3 is 9.64 Å². The van der Waals surface area contributed by atoms with E-state index < -0.39 is 0 Å². The molecule has 1 heterocycles. The van der Waals surface area contributed by atoms with Crippen LogP contribution in [0, 0.1) is 5.92 Å². The maximum absolute atomic E-state index is 12.4. The minimum absolute atomic E-state index is 0.182. The number of carbonyl (C=O) groups is 1. The zero-order valence-electron chi connectivity index (χ0n) is 14.2. The van der Waals surface area contributed by atoms with Crippen LogP contribution in [0.3, 0.4) is 0 Å². The van der Waals surface area contributed by atoms with Crippen LogP contribution in [-0.2, 0) is 16.8 Å². The third-order valence-corrected chi connectivity index (χ3v) is 6.17. The van der Waals surface area contributed by atoms with E-state index in [9.17, 15) is 4.79 Å². The van der Waals surface area contributed by atoms with Crippen LogP contribution >= 0.6 is 15.9 Å². The first-order valence-corrected chi connectivity index (χ1v) is 9.68. The SMILES string of the molecule is O=C(OCc1ccccc1)N1CCC(C2(c3ccc(Br)cc3)CC2)C1. The molecule has 25 heavy (non-hydrogen) atoms. The molecule has 0 bridgehead atoms. The van der Waals surface area contributed by atoms with Crippen LogP contribution in [0.5, 0.6) is 0 Å². The number of carbonyl (C=O) groups excluding carboxylic acids is 1. The highest BCUT2D eigenvalue weighted by molar-refractivity contribution is 9.10. The van der Waals surface area contributed by atoms with Crippen molar-refractivity contribution in [1.82, 2.24) is 4.90 Å². The molecule has 4 heteroatoms. The number of rotatable bonds is 4. The van der Waals surface area contributed by atoms with Crippen LogP contribution in [0.25, 0.3) is 0 Å². The maximum Gasteiger partial charge on any atom is 0.410 e. The monoisotopic (exact) mass is 399 g/mol. The second-order valence-corrected chi connectivity index (χ2v) is 8.05. The molecule has 4 rings (SSSR count). The van der Waals surface area contributed by atoms with Gasteiger partial charge in [0.1, 0.15) is 6.61 Å². The van der Waals surface area contributed by atoms with E-state index in [2.05, 4.69) is 40.2 Å². The molecule has 0 radical (unpaired) electrons. The Morgan fingerprint density at radius 3 is 2.52 bits per heavy atom. The van der Waals surface area contributed by atoms with E-state index in [0.717, 1.165) is 29.5 Å². The average Bonchev–Trinajstić information content (AvgIpc) is 3.30. The standard InChI is InChI=1S/C21H22BrNO2/c22-19-8-6-17(7-9-19)21(11-12-21)18-10-13-23(14-18)20(24)25-15-16-4-2-1-3-5-16/h1-9,18H,10-15H2. The Hall–Kier alpha value is -1.81. The summed E-state index contributed by atoms with van der Waals surface area (Å²) in [4.78, 5) is 14.3. The van der Waals surface area contributed by atoms with Crippen molar-refractivity contribution < 1.29 is 9.53 Å². The minimum atomic E-state index is -0.182. The molecular formula is C21H22BrNO2. The van der Waals surface area contributed by atoms with Gasteiger partial charge in [-0.1, -0.05) is 58.4 Å². The molecule has 2 aromatic carbocycles. The third-order valence-electron chi connectivity index (χ3n) is 5.64. The van der Waals surface area contributed by atoms with Crippen molar-refractivity contribution in [2.75, 3.05) is 13.1 Å². The predicted molar refractivity (Wildman–Crippen MR) is 101 cm³/mol. The number of halogens is 1. The van der Waals surface area contributed by atoms with Crippen molar-refractivity contribution in [3.8, 4) is 0 Å². The molecule has 130 valence electrons. The third kappa shape index (κ3) is 3.45. The smallest absolute Gasteiger partial charge is 0.410 e. The number of hydrogen-bond donors (Lipinski definition) is 0. The number of nitrogens with zero attached hydrogens (tertiary/aromatic N) is 1. The molecule has 1 unspecified atom stereocenters. The van der Waals surface area contributed by atoms with Gasteiger partial charge in [-0.3, -0.25) is 0 Å². The van der Waals surface area contributed by atoms with E-state index in [-0.39, 0.29) is 11.5 Å². The lowest BCUT2D eigenvalue weighted by Crippen LogP contribution is -2.31. The lowest BCUT2D eigenvalue weighted by atomic mass is 9.82. The number of benzene rings is 2. The molecule has 2 aliphatic rings. The summed E-state index contributed by atoms with van der Waals surface area (Å²) in [6, 6.07) is 18.6. The summed E-state index contributed by atoms with van der Waals surface area (Å²) in [5.74, 6) is 0.540. The van der Waals surface area contributed by atoms with Gasteiger partial charge in [-0.2, -0.15) is 0 Å². The van der Waals surface area contributed by atoms with Gasteiger partial charge in [0.05, 0.1) is 0 Å². The largest absolute Gasteiger partial charge is 0.445 e. The van der Waals surface area contributed by atoms with E-state index >= 15 is 0 Å². The molecule has 0 N–H and O–H groups in total. The van der Waals surface area contributed by atoms with E-state index in [1.165, 1.54) is 18.4 Å². The molecule has 2 aromatic rings. The van der Waals surface area contributed by atoms with Crippen molar-refractivity contribution in [3.05, 3.63) is 70.2 Å². The molecule has 3 nitrogen and oxygen atoms in total. The zero-order valence-corrected chi connectivity index (χ0v) is 15.7. The summed E-state index contributed by atoms with van der Waals surface area (Å²) in [5.41, 5.74) is 2.72. The van der Waals surface area contributed by atoms with Crippen molar-refractivity contribution in [2.24, 2.45) is 5.92 Å². The summed E-state index contributed by atoms with van der Waals surface area (Å²) in [6.07, 6.45) is 3.34. The van der Waals surface area contributed by atoms with Crippen LogP contribution in [0.15, 0.2) is 59.1 Å². The topological polar surface area (TPSA) is 29.5 Å². The number of ether oxygens (including phenoxy) is 1. The summed E-state index contributed by atoms with van der Waals surface area (Å²) < 4.78 is 6.61. The van der Waals surface area contributed by atoms with Gasteiger partial charge in [-0.15, -0.1) is 0 Å². The van der Waals surface area contributed by atoms with Crippen molar-refractivity contribution in [1.29, 1.82) is 0 Å². The lowest BCUT2D eigenvalue weighted by molar-refractivity contribution is 0.102. The molecular weight excluding hydrogens is 378 g/mol. The van der Waals surface area contributed by atoms with Crippen LogP contribution < -0.4 is 0 Å². The molecule has 1 saturated heterocycles. The van der Waals surface area contributed by atoms with Gasteiger partial charge in [-0.25, -0.2) is 4.79 Å². The van der Waals surface area contributed by atoms with Crippen LogP contribution in [0.1, 0.15) is 30.4 Å². The second-order valence-electron chi connectivity index (χ2n) is 7.13. The predicted octanol–water partition coefficient (Wildman–Crippen LogP) is 5.14. The Balaban J connectivity index is 1.36. The first-order valence-electron chi connectivity index (χ1n) is 8.89. The van der Waals surface area contributed by atoms with E-state index in [1.807, 2.05) is 35.2 Å². The highest BCUT2D eigenvalue weighted by atomic mass is 79.9. The van der Waals surface area contributed by atoms with Gasteiger partial charge in [0.25, 0.3) is 0 Å². The molecule has 1 aliphatic carbocycles. The van der Waals surface area contributed by atoms with Crippen molar-refractivity contribution in [2.45, 2.75) is 31.3 Å². The van der Waals surface area contributed by atoms with Crippen molar-refractivity contribution >= 4 is 22.0 Å². The lowest BCUT2D eigenvalue weighted by Gasteiger charge is -2.24. The van der Waals surface area contributed by atoms with E-state index in [0.29, 0.717) is 12.5 Å². The molecule has 2 fully saturated rings. The number of hydrogen-bond acceptors (Lipinski definition) is 2. The zero-order chi connectivity index (χ0) is 17.3. The fourth-order valence-corrected chi connectivity index (χ4v) is 4.30. The Morgan fingerprint density at radius 1 is 1.12 bits per heavy atom. The molecule has 1 aliphatic heterocycles. The van der Waals surface area contributed by atoms with Crippen LogP contribution in [-0.4, -0.2) is 24.1 Å². The molecule has 1 atom stereocenters. The average molecular weight is 400 g/mol. The Kier molecular flexibility index (Phi) is 4.55. The van der Waals surface area contributed by atoms with Gasteiger partial charge in [0.15, 0.2) is 0 Å². The molecule has 1 amide bonds. The van der Waals surface area contributed by atoms with Gasteiger partial charge in [0, 0.05) is 17.6 Å². The molecule has 0 aromatic heterocycles. The summed E-state index contributed by atoms with van der Waals surface area (Å²) in [5, 5.41) is 0. The van der Waals surface area contributed by atoms with Gasteiger partial charge in [0.2, 0.25) is 0 Å². The highest BCUT2D eigenvalue weighted by Gasteiger charge is 2.52. The van der Waals surface area contributed by atoms with Crippen LogP contribution in [0.4, 0.5) is 4.79 Å². The normalized spacial score (nSPS) is 21.2. The van der Waals surface area contributed by atoms with Gasteiger partial charge in [-0.05, 0) is 53.9 Å². The highest BCUT2D eigenvalue weighted by Crippen LogP contribution is 2.56. The first-order chi connectivity index (χ1) is 12.2. The minimum Gasteiger partial charge on any atom is -0.445 e. The quantitative estimate of drug-likeness (QED) is 0.711. The summed E-state index contributed by atoms with van der Waals surface area (Å²) >= 11 is 3.51. The Bertz CT molecular complexity index is 740. The number of amides is 1. The van der Waals surface area contributed by atoms with E-state index in [4.69, 9.17) is 4.74 Å². The fraction of sp³-hybridized carbons (Fsp3) is 0.381. The molecule has 1 saturated carbocycles. The Labute approximate surface area is 157 Å². The van der Waals surface area contributed by atoms with Crippen molar-refractivity contribution in [3.63, 3.8) is 0 Å². The fourth-order valence-electron chi connectivity index (χ4n) is 4.04. The maximum atomic E-state index is 12.4.